The van der Waals surface area contributed by atoms with E-state index in [1.54, 1.807) is 0 Å². The van der Waals surface area contributed by atoms with Gasteiger partial charge in [-0.05, 0) is 49.5 Å². The molecule has 1 aromatic rings. The van der Waals surface area contributed by atoms with Crippen molar-refractivity contribution in [1.82, 2.24) is 10.2 Å². The fourth-order valence-corrected chi connectivity index (χ4v) is 3.65. The van der Waals surface area contributed by atoms with Crippen LogP contribution in [0.15, 0.2) is 24.3 Å². The van der Waals surface area contributed by atoms with Gasteiger partial charge >= 0.3 is 0 Å². The van der Waals surface area contributed by atoms with Gasteiger partial charge in [0.2, 0.25) is 11.8 Å². The second-order valence-corrected chi connectivity index (χ2v) is 7.10. The fourth-order valence-electron chi connectivity index (χ4n) is 2.93. The molecule has 25 heavy (non-hydrogen) atoms. The zero-order valence-corrected chi connectivity index (χ0v) is 15.5. The summed E-state index contributed by atoms with van der Waals surface area (Å²) in [7, 11) is 0. The van der Waals surface area contributed by atoms with Gasteiger partial charge in [-0.1, -0.05) is 23.9 Å². The van der Waals surface area contributed by atoms with Gasteiger partial charge in [-0.2, -0.15) is 0 Å². The Morgan fingerprint density at radius 2 is 2.04 bits per heavy atom. The average Bonchev–Trinajstić information content (AvgIpc) is 3.20. The van der Waals surface area contributed by atoms with Gasteiger partial charge in [-0.15, -0.1) is 12.4 Å². The Bertz CT molecular complexity index is 617. The Morgan fingerprint density at radius 1 is 1.28 bits per heavy atom. The Morgan fingerprint density at radius 3 is 2.64 bits per heavy atom. The van der Waals surface area contributed by atoms with Crippen LogP contribution in [-0.2, 0) is 16.1 Å². The maximum Gasteiger partial charge on any atom is 0.289 e. The number of nitrogens with zero attached hydrogens (tertiary/aromatic N) is 1. The van der Waals surface area contributed by atoms with Crippen molar-refractivity contribution in [2.45, 2.75) is 25.8 Å². The van der Waals surface area contributed by atoms with E-state index >= 15 is 0 Å². The third-order valence-electron chi connectivity index (χ3n) is 4.36. The molecule has 1 atom stereocenters. The number of benzene rings is 1. The number of rotatable bonds is 6. The van der Waals surface area contributed by atoms with Crippen molar-refractivity contribution in [1.29, 1.82) is 0 Å². The first-order valence-electron chi connectivity index (χ1n) is 8.18. The summed E-state index contributed by atoms with van der Waals surface area (Å²) in [6, 6.07) is 7.28. The van der Waals surface area contributed by atoms with Crippen LogP contribution in [0.3, 0.4) is 0 Å². The van der Waals surface area contributed by atoms with E-state index in [2.05, 4.69) is 10.6 Å². The number of thioether (sulfide) groups is 1. The predicted octanol–water partition coefficient (Wildman–Crippen LogP) is 2.63. The minimum atomic E-state index is -0.196. The van der Waals surface area contributed by atoms with Gasteiger partial charge in [0.05, 0.1) is 12.3 Å². The molecular formula is C17H22ClN3O3S. The minimum Gasteiger partial charge on any atom is -0.326 e. The second-order valence-electron chi connectivity index (χ2n) is 6.18. The van der Waals surface area contributed by atoms with E-state index in [9.17, 15) is 14.4 Å². The quantitative estimate of drug-likeness (QED) is 0.789. The molecule has 0 radical (unpaired) electrons. The zero-order valence-electron chi connectivity index (χ0n) is 13.8. The van der Waals surface area contributed by atoms with Gasteiger partial charge < -0.3 is 10.6 Å². The predicted molar refractivity (Wildman–Crippen MR) is 101 cm³/mol. The van der Waals surface area contributed by atoms with E-state index in [1.165, 1.54) is 4.90 Å². The third-order valence-corrected chi connectivity index (χ3v) is 5.22. The van der Waals surface area contributed by atoms with Crippen molar-refractivity contribution in [3.8, 4) is 0 Å². The van der Waals surface area contributed by atoms with Gasteiger partial charge in [0.15, 0.2) is 0 Å². The number of halogens is 1. The number of imide groups is 1. The highest BCUT2D eigenvalue weighted by Crippen LogP contribution is 2.22. The normalized spacial score (nSPS) is 19.8. The molecule has 3 amide bonds. The highest BCUT2D eigenvalue weighted by molar-refractivity contribution is 8.14. The molecule has 2 aliphatic heterocycles. The lowest BCUT2D eigenvalue weighted by molar-refractivity contribution is -0.125. The molecule has 3 rings (SSSR count). The highest BCUT2D eigenvalue weighted by atomic mass is 35.5. The van der Waals surface area contributed by atoms with Gasteiger partial charge in [0.1, 0.15) is 0 Å². The summed E-state index contributed by atoms with van der Waals surface area (Å²) in [5, 5.41) is 6.00. The van der Waals surface area contributed by atoms with Crippen molar-refractivity contribution in [3.05, 3.63) is 29.8 Å². The lowest BCUT2D eigenvalue weighted by Crippen LogP contribution is -2.27. The summed E-state index contributed by atoms with van der Waals surface area (Å²) >= 11 is 1.04. The Labute approximate surface area is 157 Å². The summed E-state index contributed by atoms with van der Waals surface area (Å²) in [6.45, 7) is 2.34. The van der Waals surface area contributed by atoms with Gasteiger partial charge in [-0.25, -0.2) is 0 Å². The molecule has 0 aromatic heterocycles. The van der Waals surface area contributed by atoms with Crippen LogP contribution in [0.25, 0.3) is 0 Å². The van der Waals surface area contributed by atoms with Gasteiger partial charge in [0.25, 0.3) is 5.24 Å². The first-order chi connectivity index (χ1) is 11.6. The summed E-state index contributed by atoms with van der Waals surface area (Å²) in [4.78, 5) is 36.4. The molecule has 0 saturated carbocycles. The standard InChI is InChI=1S/C17H21N3O3S.ClH/c21-15(6-3-12-7-8-18-9-12)19-14-4-1-13(2-5-14)10-20-16(22)11-24-17(20)23;/h1-2,4-5,12,18H,3,6-11H2,(H,19,21);1H. The molecule has 1 unspecified atom stereocenters. The van der Waals surface area contributed by atoms with Crippen LogP contribution in [-0.4, -0.2) is 40.8 Å². The van der Waals surface area contributed by atoms with Crippen molar-refractivity contribution >= 4 is 46.9 Å². The lowest BCUT2D eigenvalue weighted by Gasteiger charge is -2.13. The van der Waals surface area contributed by atoms with Gasteiger partial charge in [0, 0.05) is 12.1 Å². The van der Waals surface area contributed by atoms with Crippen LogP contribution < -0.4 is 10.6 Å². The van der Waals surface area contributed by atoms with Crippen LogP contribution in [0.1, 0.15) is 24.8 Å². The number of hydrogen-bond donors (Lipinski definition) is 2. The number of amides is 3. The van der Waals surface area contributed by atoms with Crippen LogP contribution in [0.5, 0.6) is 0 Å². The van der Waals surface area contributed by atoms with Crippen LogP contribution >= 0.6 is 24.2 Å². The van der Waals surface area contributed by atoms with E-state index in [0.717, 1.165) is 48.9 Å². The van der Waals surface area contributed by atoms with Crippen molar-refractivity contribution in [3.63, 3.8) is 0 Å². The number of hydrogen-bond acceptors (Lipinski definition) is 5. The molecule has 2 heterocycles. The maximum atomic E-state index is 12.0. The molecule has 2 fully saturated rings. The summed E-state index contributed by atoms with van der Waals surface area (Å²) < 4.78 is 0. The molecule has 8 heteroatoms. The Hall–Kier alpha value is -1.57. The van der Waals surface area contributed by atoms with Crippen LogP contribution in [0, 0.1) is 5.92 Å². The molecule has 0 bridgehead atoms. The van der Waals surface area contributed by atoms with Crippen molar-refractivity contribution in [2.24, 2.45) is 5.92 Å². The molecule has 2 N–H and O–H groups in total. The average molecular weight is 384 g/mol. The minimum absolute atomic E-state index is 0. The topological polar surface area (TPSA) is 78.5 Å². The molecule has 2 aliphatic rings. The number of carbonyl (C=O) groups is 3. The highest BCUT2D eigenvalue weighted by Gasteiger charge is 2.29. The van der Waals surface area contributed by atoms with E-state index in [-0.39, 0.29) is 41.8 Å². The summed E-state index contributed by atoms with van der Waals surface area (Å²) in [6.07, 6.45) is 2.59. The third kappa shape index (κ3) is 5.45. The molecule has 0 aliphatic carbocycles. The molecule has 2 saturated heterocycles. The Kier molecular flexibility index (Phi) is 7.28. The summed E-state index contributed by atoms with van der Waals surface area (Å²) in [5.41, 5.74) is 1.61. The van der Waals surface area contributed by atoms with E-state index in [1.807, 2.05) is 24.3 Å². The summed E-state index contributed by atoms with van der Waals surface area (Å²) in [5.74, 6) is 0.704. The Balaban J connectivity index is 0.00000225. The van der Waals surface area contributed by atoms with E-state index < -0.39 is 0 Å². The first-order valence-corrected chi connectivity index (χ1v) is 9.17. The largest absolute Gasteiger partial charge is 0.326 e. The monoisotopic (exact) mass is 383 g/mol. The SMILES string of the molecule is Cl.O=C(CCC1CCNC1)Nc1ccc(CN2C(=O)CSC2=O)cc1. The molecule has 1 aromatic carbocycles. The molecule has 136 valence electrons. The molecule has 6 nitrogen and oxygen atoms in total. The van der Waals surface area contributed by atoms with Crippen molar-refractivity contribution < 1.29 is 14.4 Å². The van der Waals surface area contributed by atoms with E-state index in [4.69, 9.17) is 0 Å². The smallest absolute Gasteiger partial charge is 0.289 e. The molecule has 0 spiro atoms. The lowest BCUT2D eigenvalue weighted by atomic mass is 10.0. The van der Waals surface area contributed by atoms with Gasteiger partial charge in [-0.3, -0.25) is 19.3 Å². The zero-order chi connectivity index (χ0) is 16.9. The second kappa shape index (κ2) is 9.22. The number of anilines is 1. The van der Waals surface area contributed by atoms with Crippen LogP contribution in [0.2, 0.25) is 0 Å². The molecular weight excluding hydrogens is 362 g/mol. The van der Waals surface area contributed by atoms with Crippen molar-refractivity contribution in [2.75, 3.05) is 24.2 Å². The first kappa shape index (κ1) is 19.8. The number of nitrogens with one attached hydrogen (secondary N) is 2. The van der Waals surface area contributed by atoms with E-state index in [0.29, 0.717) is 12.3 Å². The number of carbonyl (C=O) groups excluding carboxylic acids is 3. The maximum absolute atomic E-state index is 12.0. The van der Waals surface area contributed by atoms with Crippen LogP contribution in [0.4, 0.5) is 10.5 Å². The fraction of sp³-hybridized carbons (Fsp3) is 0.471.